The molecule has 1 unspecified atom stereocenters. The molecular weight excluding hydrogens is 206 g/mol. The van der Waals surface area contributed by atoms with Crippen molar-refractivity contribution >= 4 is 28.4 Å². The van der Waals surface area contributed by atoms with Crippen LogP contribution in [0.1, 0.15) is 13.8 Å². The largest absolute Gasteiger partial charge is 0.350 e. The number of carbonyl (C=O) groups is 1. The molecule has 0 spiro atoms. The number of carbonyl (C=O) groups excluding carboxylic acids is 1. The van der Waals surface area contributed by atoms with Crippen molar-refractivity contribution in [1.29, 1.82) is 0 Å². The van der Waals surface area contributed by atoms with Gasteiger partial charge in [-0.25, -0.2) is 0 Å². The van der Waals surface area contributed by atoms with Crippen molar-refractivity contribution in [2.45, 2.75) is 24.1 Å². The van der Waals surface area contributed by atoms with Gasteiger partial charge in [-0.3, -0.25) is 4.79 Å². The lowest BCUT2D eigenvalue weighted by atomic mass is 10.3. The maximum atomic E-state index is 11.1. The number of aromatic nitrogens is 1. The van der Waals surface area contributed by atoms with Gasteiger partial charge < -0.3 is 4.98 Å². The van der Waals surface area contributed by atoms with Crippen LogP contribution >= 0.6 is 11.8 Å². The molecule has 2 nitrogen and oxygen atoms in total. The molecule has 2 rings (SSSR count). The zero-order chi connectivity index (χ0) is 10.8. The normalized spacial score (nSPS) is 12.9. The van der Waals surface area contributed by atoms with Crippen molar-refractivity contribution in [3.8, 4) is 0 Å². The molecule has 3 heteroatoms. The molecule has 0 saturated heterocycles. The number of benzene rings is 1. The van der Waals surface area contributed by atoms with E-state index in [1.54, 1.807) is 18.7 Å². The monoisotopic (exact) mass is 219 g/mol. The van der Waals surface area contributed by atoms with Gasteiger partial charge in [-0.05, 0) is 26.0 Å². The fourth-order valence-corrected chi connectivity index (χ4v) is 2.29. The predicted molar refractivity (Wildman–Crippen MR) is 64.3 cm³/mol. The van der Waals surface area contributed by atoms with E-state index in [0.717, 1.165) is 10.5 Å². The molecule has 0 aliphatic heterocycles. The SMILES string of the molecule is CC(=O)C(C)Sc1cc2ccccc2[nH]1. The standard InChI is InChI=1S/C12H13NOS/c1-8(14)9(2)15-12-7-10-5-3-4-6-11(10)13-12/h3-7,9,13H,1-2H3. The molecule has 78 valence electrons. The zero-order valence-corrected chi connectivity index (χ0v) is 9.60. The molecule has 0 aliphatic carbocycles. The lowest BCUT2D eigenvalue weighted by molar-refractivity contribution is -0.116. The van der Waals surface area contributed by atoms with E-state index in [2.05, 4.69) is 17.1 Å². The van der Waals surface area contributed by atoms with E-state index in [4.69, 9.17) is 0 Å². The third-order valence-electron chi connectivity index (χ3n) is 2.38. The Bertz CT molecular complexity index is 456. The van der Waals surface area contributed by atoms with Gasteiger partial charge in [0.1, 0.15) is 5.78 Å². The number of H-pyrrole nitrogens is 1. The van der Waals surface area contributed by atoms with E-state index in [1.807, 2.05) is 25.1 Å². The van der Waals surface area contributed by atoms with Crippen LogP contribution in [0.25, 0.3) is 10.9 Å². The Labute approximate surface area is 93.1 Å². The summed E-state index contributed by atoms with van der Waals surface area (Å²) < 4.78 is 0. The first-order chi connectivity index (χ1) is 7.16. The van der Waals surface area contributed by atoms with Gasteiger partial charge >= 0.3 is 0 Å². The summed E-state index contributed by atoms with van der Waals surface area (Å²) in [5, 5.41) is 2.26. The van der Waals surface area contributed by atoms with Crippen LogP contribution in [0.15, 0.2) is 35.4 Å². The minimum atomic E-state index is 0.0121. The number of ketones is 1. The number of Topliss-reactive ketones (excluding diaryl/α,β-unsaturated/α-hetero) is 1. The molecule has 0 amide bonds. The molecule has 0 bridgehead atoms. The summed E-state index contributed by atoms with van der Waals surface area (Å²) in [5.74, 6) is 0.207. The molecule has 1 N–H and O–H groups in total. The Morgan fingerprint density at radius 1 is 1.40 bits per heavy atom. The summed E-state index contributed by atoms with van der Waals surface area (Å²) in [6, 6.07) is 10.2. The summed E-state index contributed by atoms with van der Waals surface area (Å²) in [7, 11) is 0. The lowest BCUT2D eigenvalue weighted by Gasteiger charge is -2.03. The second-order valence-corrected chi connectivity index (χ2v) is 4.97. The second-order valence-electron chi connectivity index (χ2n) is 3.59. The number of para-hydroxylation sites is 1. The average molecular weight is 219 g/mol. The number of aromatic amines is 1. The van der Waals surface area contributed by atoms with Gasteiger partial charge in [0.2, 0.25) is 0 Å². The van der Waals surface area contributed by atoms with Crippen LogP contribution < -0.4 is 0 Å². The van der Waals surface area contributed by atoms with Gasteiger partial charge in [0.15, 0.2) is 0 Å². The summed E-state index contributed by atoms with van der Waals surface area (Å²) >= 11 is 1.57. The number of thioether (sulfide) groups is 1. The fourth-order valence-electron chi connectivity index (χ4n) is 1.38. The number of fused-ring (bicyclic) bond motifs is 1. The predicted octanol–water partition coefficient (Wildman–Crippen LogP) is 3.24. The molecule has 1 aromatic heterocycles. The van der Waals surface area contributed by atoms with Crippen LogP contribution in [0, 0.1) is 0 Å². The van der Waals surface area contributed by atoms with Crippen LogP contribution in [0.3, 0.4) is 0 Å². The van der Waals surface area contributed by atoms with Crippen LogP contribution in [-0.4, -0.2) is 16.0 Å². The molecule has 0 aliphatic rings. The molecule has 2 aromatic rings. The Kier molecular flexibility index (Phi) is 2.82. The minimum absolute atomic E-state index is 0.0121. The van der Waals surface area contributed by atoms with Gasteiger partial charge in [-0.15, -0.1) is 0 Å². The third-order valence-corrected chi connectivity index (χ3v) is 3.54. The van der Waals surface area contributed by atoms with E-state index in [-0.39, 0.29) is 11.0 Å². The molecule has 15 heavy (non-hydrogen) atoms. The maximum absolute atomic E-state index is 11.1. The highest BCUT2D eigenvalue weighted by Gasteiger charge is 2.10. The average Bonchev–Trinajstić information content (AvgIpc) is 2.59. The van der Waals surface area contributed by atoms with Crippen LogP contribution in [0.4, 0.5) is 0 Å². The molecular formula is C12H13NOS. The summed E-state index contributed by atoms with van der Waals surface area (Å²) in [5.41, 5.74) is 1.12. The topological polar surface area (TPSA) is 32.9 Å². The van der Waals surface area contributed by atoms with Crippen LogP contribution in [0.2, 0.25) is 0 Å². The van der Waals surface area contributed by atoms with E-state index >= 15 is 0 Å². The number of rotatable bonds is 3. The van der Waals surface area contributed by atoms with E-state index in [9.17, 15) is 4.79 Å². The van der Waals surface area contributed by atoms with Crippen LogP contribution in [0.5, 0.6) is 0 Å². The molecule has 1 atom stereocenters. The molecule has 0 fully saturated rings. The summed E-state index contributed by atoms with van der Waals surface area (Å²) in [6.45, 7) is 3.55. The van der Waals surface area contributed by atoms with Gasteiger partial charge in [0.05, 0.1) is 10.3 Å². The zero-order valence-electron chi connectivity index (χ0n) is 8.78. The number of nitrogens with one attached hydrogen (secondary N) is 1. The van der Waals surface area contributed by atoms with Gasteiger partial charge in [0.25, 0.3) is 0 Å². The summed E-state index contributed by atoms with van der Waals surface area (Å²) in [4.78, 5) is 14.4. The Balaban J connectivity index is 2.26. The van der Waals surface area contributed by atoms with Gasteiger partial charge in [-0.2, -0.15) is 0 Å². The van der Waals surface area contributed by atoms with Crippen molar-refractivity contribution in [3.63, 3.8) is 0 Å². The second kappa shape index (κ2) is 4.11. The highest BCUT2D eigenvalue weighted by molar-refractivity contribution is 8.00. The summed E-state index contributed by atoms with van der Waals surface area (Å²) in [6.07, 6.45) is 0. The quantitative estimate of drug-likeness (QED) is 0.804. The van der Waals surface area contributed by atoms with Gasteiger partial charge in [0, 0.05) is 10.9 Å². The van der Waals surface area contributed by atoms with Crippen molar-refractivity contribution in [2.75, 3.05) is 0 Å². The number of hydrogen-bond acceptors (Lipinski definition) is 2. The first kappa shape index (κ1) is 10.3. The van der Waals surface area contributed by atoms with Crippen molar-refractivity contribution in [3.05, 3.63) is 30.3 Å². The van der Waals surface area contributed by atoms with E-state index < -0.39 is 0 Å². The first-order valence-corrected chi connectivity index (χ1v) is 5.79. The third kappa shape index (κ3) is 2.23. The number of hydrogen-bond donors (Lipinski definition) is 1. The smallest absolute Gasteiger partial charge is 0.142 e. The Morgan fingerprint density at radius 3 is 2.80 bits per heavy atom. The highest BCUT2D eigenvalue weighted by Crippen LogP contribution is 2.26. The highest BCUT2D eigenvalue weighted by atomic mass is 32.2. The molecule has 1 heterocycles. The van der Waals surface area contributed by atoms with Crippen LogP contribution in [-0.2, 0) is 4.79 Å². The van der Waals surface area contributed by atoms with E-state index in [1.165, 1.54) is 5.39 Å². The molecule has 1 aromatic carbocycles. The molecule has 0 saturated carbocycles. The maximum Gasteiger partial charge on any atom is 0.142 e. The van der Waals surface area contributed by atoms with Crippen molar-refractivity contribution in [2.24, 2.45) is 0 Å². The first-order valence-electron chi connectivity index (χ1n) is 4.91. The Morgan fingerprint density at radius 2 is 2.13 bits per heavy atom. The molecule has 0 radical (unpaired) electrons. The Hall–Kier alpha value is -1.22. The van der Waals surface area contributed by atoms with Crippen molar-refractivity contribution in [1.82, 2.24) is 4.98 Å². The van der Waals surface area contributed by atoms with Crippen molar-refractivity contribution < 1.29 is 4.79 Å². The van der Waals surface area contributed by atoms with Gasteiger partial charge in [-0.1, -0.05) is 30.0 Å². The van der Waals surface area contributed by atoms with E-state index in [0.29, 0.717) is 0 Å². The lowest BCUT2D eigenvalue weighted by Crippen LogP contribution is -2.07. The fraction of sp³-hybridized carbons (Fsp3) is 0.250. The minimum Gasteiger partial charge on any atom is -0.350 e.